The number of alkyl halides is 2. The lowest BCUT2D eigenvalue weighted by molar-refractivity contribution is -0.135. The van der Waals surface area contributed by atoms with E-state index in [1.54, 1.807) is 0 Å². The van der Waals surface area contributed by atoms with E-state index >= 15 is 0 Å². The van der Waals surface area contributed by atoms with Gasteiger partial charge in [-0.05, 0) is 5.56 Å². The first-order chi connectivity index (χ1) is 10.6. The Balaban J connectivity index is 1.69. The van der Waals surface area contributed by atoms with Crippen molar-refractivity contribution in [3.8, 4) is 0 Å². The van der Waals surface area contributed by atoms with Crippen LogP contribution in [-0.2, 0) is 16.1 Å². The van der Waals surface area contributed by atoms with E-state index in [9.17, 15) is 14.0 Å². The summed E-state index contributed by atoms with van der Waals surface area (Å²) in [7, 11) is 0. The van der Waals surface area contributed by atoms with Gasteiger partial charge in [0.15, 0.2) is 0 Å². The number of rotatable bonds is 5. The highest BCUT2D eigenvalue weighted by Crippen LogP contribution is 2.08. The van der Waals surface area contributed by atoms with Gasteiger partial charge in [-0.3, -0.25) is 14.5 Å². The van der Waals surface area contributed by atoms with Crippen LogP contribution in [0.25, 0.3) is 0 Å². The topological polar surface area (TPSA) is 52.7 Å². The lowest BCUT2D eigenvalue weighted by atomic mass is 10.2. The Bertz CT molecular complexity index is 505. The minimum atomic E-state index is -1.99. The number of nitrogens with zero attached hydrogens (tertiary/aromatic N) is 2. The molecule has 1 fully saturated rings. The van der Waals surface area contributed by atoms with Crippen molar-refractivity contribution in [2.24, 2.45) is 0 Å². The minimum absolute atomic E-state index is 0.0654. The highest BCUT2D eigenvalue weighted by Gasteiger charge is 2.26. The molecule has 1 aromatic carbocycles. The van der Waals surface area contributed by atoms with Crippen LogP contribution in [0.2, 0.25) is 0 Å². The quantitative estimate of drug-likeness (QED) is 0.820. The molecule has 0 aromatic heterocycles. The molecule has 5 nitrogen and oxygen atoms in total. The summed E-state index contributed by atoms with van der Waals surface area (Å²) in [6.07, 6.45) is 0. The molecule has 7 heteroatoms. The van der Waals surface area contributed by atoms with Crippen LogP contribution in [-0.4, -0.2) is 60.0 Å². The van der Waals surface area contributed by atoms with Crippen molar-refractivity contribution in [3.05, 3.63) is 35.9 Å². The molecule has 1 aliphatic heterocycles. The zero-order chi connectivity index (χ0) is 15.9. The molecule has 0 radical (unpaired) electrons. The number of amides is 2. The first kappa shape index (κ1) is 16.7. The Morgan fingerprint density at radius 3 is 2.41 bits per heavy atom. The molecule has 2 amide bonds. The second-order valence-corrected chi connectivity index (χ2v) is 5.55. The molecule has 120 valence electrons. The number of hydrogen-bond acceptors (Lipinski definition) is 3. The molecular weight excluding hydrogens is 309 g/mol. The molecule has 0 saturated carbocycles. The SMILES string of the molecule is O=C(CN1CCN(C(=O)C(F)Cl)CC1)NCc1ccccc1. The average molecular weight is 328 g/mol. The smallest absolute Gasteiger partial charge is 0.272 e. The van der Waals surface area contributed by atoms with Crippen molar-refractivity contribution < 1.29 is 14.0 Å². The van der Waals surface area contributed by atoms with E-state index in [2.05, 4.69) is 5.32 Å². The largest absolute Gasteiger partial charge is 0.351 e. The van der Waals surface area contributed by atoms with Crippen molar-refractivity contribution in [1.82, 2.24) is 15.1 Å². The average Bonchev–Trinajstić information content (AvgIpc) is 2.54. The maximum Gasteiger partial charge on any atom is 0.272 e. The fraction of sp³-hybridized carbons (Fsp3) is 0.467. The van der Waals surface area contributed by atoms with Gasteiger partial charge < -0.3 is 10.2 Å². The van der Waals surface area contributed by atoms with Gasteiger partial charge >= 0.3 is 0 Å². The van der Waals surface area contributed by atoms with Gasteiger partial charge in [-0.25, -0.2) is 4.39 Å². The molecule has 1 atom stereocenters. The summed E-state index contributed by atoms with van der Waals surface area (Å²) in [4.78, 5) is 26.6. The monoisotopic (exact) mass is 327 g/mol. The number of piperazine rings is 1. The fourth-order valence-corrected chi connectivity index (χ4v) is 2.46. The molecule has 1 aromatic rings. The van der Waals surface area contributed by atoms with Gasteiger partial charge in [0.2, 0.25) is 5.91 Å². The zero-order valence-electron chi connectivity index (χ0n) is 12.2. The van der Waals surface area contributed by atoms with Crippen molar-refractivity contribution in [1.29, 1.82) is 0 Å². The van der Waals surface area contributed by atoms with Crippen LogP contribution < -0.4 is 5.32 Å². The number of halogens is 2. The van der Waals surface area contributed by atoms with E-state index in [4.69, 9.17) is 11.6 Å². The summed E-state index contributed by atoms with van der Waals surface area (Å²) in [5.74, 6) is -0.765. The third kappa shape index (κ3) is 4.96. The highest BCUT2D eigenvalue weighted by molar-refractivity contribution is 6.29. The molecule has 1 N–H and O–H groups in total. The third-order valence-electron chi connectivity index (χ3n) is 3.57. The molecule has 1 heterocycles. The van der Waals surface area contributed by atoms with Gasteiger partial charge in [-0.15, -0.1) is 0 Å². The second kappa shape index (κ2) is 8.10. The predicted molar refractivity (Wildman–Crippen MR) is 82.1 cm³/mol. The summed E-state index contributed by atoms with van der Waals surface area (Å²) >= 11 is 5.15. The van der Waals surface area contributed by atoms with Crippen LogP contribution in [0.1, 0.15) is 5.56 Å². The first-order valence-electron chi connectivity index (χ1n) is 7.16. The van der Waals surface area contributed by atoms with Gasteiger partial charge in [0.25, 0.3) is 11.5 Å². The third-order valence-corrected chi connectivity index (χ3v) is 3.76. The molecule has 1 aliphatic rings. The van der Waals surface area contributed by atoms with Crippen molar-refractivity contribution in [2.45, 2.75) is 12.2 Å². The van der Waals surface area contributed by atoms with E-state index in [1.165, 1.54) is 4.90 Å². The number of benzene rings is 1. The Morgan fingerprint density at radius 1 is 1.18 bits per heavy atom. The lowest BCUT2D eigenvalue weighted by Crippen LogP contribution is -2.52. The Morgan fingerprint density at radius 2 is 1.82 bits per heavy atom. The van der Waals surface area contributed by atoms with E-state index in [1.807, 2.05) is 35.2 Å². The van der Waals surface area contributed by atoms with Gasteiger partial charge in [-0.1, -0.05) is 41.9 Å². The summed E-state index contributed by atoms with van der Waals surface area (Å²) < 4.78 is 12.7. The molecule has 1 saturated heterocycles. The van der Waals surface area contributed by atoms with Gasteiger partial charge in [0.1, 0.15) is 0 Å². The van der Waals surface area contributed by atoms with Crippen molar-refractivity contribution in [2.75, 3.05) is 32.7 Å². The highest BCUT2D eigenvalue weighted by atomic mass is 35.5. The van der Waals surface area contributed by atoms with Gasteiger partial charge in [0.05, 0.1) is 6.54 Å². The normalized spacial score (nSPS) is 17.1. The Hall–Kier alpha value is -1.66. The first-order valence-corrected chi connectivity index (χ1v) is 7.60. The molecular formula is C15H19ClFN3O2. The molecule has 0 bridgehead atoms. The second-order valence-electron chi connectivity index (χ2n) is 5.16. The minimum Gasteiger partial charge on any atom is -0.351 e. The maximum absolute atomic E-state index is 12.7. The molecule has 22 heavy (non-hydrogen) atoms. The molecule has 2 rings (SSSR count). The number of hydrogen-bond donors (Lipinski definition) is 1. The lowest BCUT2D eigenvalue weighted by Gasteiger charge is -2.34. The molecule has 0 aliphatic carbocycles. The summed E-state index contributed by atoms with van der Waals surface area (Å²) in [6.45, 7) is 2.61. The van der Waals surface area contributed by atoms with Crippen molar-refractivity contribution >= 4 is 23.4 Å². The van der Waals surface area contributed by atoms with Crippen LogP contribution in [0.5, 0.6) is 0 Å². The van der Waals surface area contributed by atoms with Crippen LogP contribution in [0.15, 0.2) is 30.3 Å². The number of nitrogens with one attached hydrogen (secondary N) is 1. The number of carbonyl (C=O) groups is 2. The summed E-state index contributed by atoms with van der Waals surface area (Å²) in [5, 5.41) is 2.86. The fourth-order valence-electron chi connectivity index (χ4n) is 2.32. The van der Waals surface area contributed by atoms with E-state index < -0.39 is 11.5 Å². The Kier molecular flexibility index (Phi) is 6.15. The number of carbonyl (C=O) groups excluding carboxylic acids is 2. The van der Waals surface area contributed by atoms with Crippen molar-refractivity contribution in [3.63, 3.8) is 0 Å². The van der Waals surface area contributed by atoms with E-state index in [-0.39, 0.29) is 12.5 Å². The zero-order valence-corrected chi connectivity index (χ0v) is 12.9. The van der Waals surface area contributed by atoms with Crippen LogP contribution in [0.3, 0.4) is 0 Å². The van der Waals surface area contributed by atoms with Gasteiger partial charge in [0, 0.05) is 32.7 Å². The van der Waals surface area contributed by atoms with E-state index in [0.717, 1.165) is 5.56 Å². The molecule has 1 unspecified atom stereocenters. The summed E-state index contributed by atoms with van der Waals surface area (Å²) in [5.41, 5.74) is -0.942. The van der Waals surface area contributed by atoms with Crippen LogP contribution in [0.4, 0.5) is 4.39 Å². The van der Waals surface area contributed by atoms with Gasteiger partial charge in [-0.2, -0.15) is 0 Å². The van der Waals surface area contributed by atoms with Crippen LogP contribution >= 0.6 is 11.6 Å². The maximum atomic E-state index is 12.7. The molecule has 0 spiro atoms. The van der Waals surface area contributed by atoms with E-state index in [0.29, 0.717) is 32.7 Å². The standard InChI is InChI=1S/C15H19ClFN3O2/c16-14(17)15(22)20-8-6-19(7-9-20)11-13(21)18-10-12-4-2-1-3-5-12/h1-5,14H,6-11H2,(H,18,21). The Labute approximate surface area is 134 Å². The predicted octanol–water partition coefficient (Wildman–Crippen LogP) is 0.981. The summed E-state index contributed by atoms with van der Waals surface area (Å²) in [6, 6.07) is 9.67. The van der Waals surface area contributed by atoms with Crippen LogP contribution in [0, 0.1) is 0 Å².